The van der Waals surface area contributed by atoms with Gasteiger partial charge in [-0.25, -0.2) is 0 Å². The molecule has 0 aromatic heterocycles. The predicted molar refractivity (Wildman–Crippen MR) is 65.7 cm³/mol. The summed E-state index contributed by atoms with van der Waals surface area (Å²) < 4.78 is 30.0. The molecular formula is C14H16O4W. The zero-order valence-corrected chi connectivity index (χ0v) is 14.0. The van der Waals surface area contributed by atoms with E-state index >= 15 is 0 Å². The van der Waals surface area contributed by atoms with E-state index in [1.165, 1.54) is 0 Å². The summed E-state index contributed by atoms with van der Waals surface area (Å²) in [7, 11) is 0. The van der Waals surface area contributed by atoms with Gasteiger partial charge in [0.15, 0.2) is 0 Å². The average Bonchev–Trinajstić information content (AvgIpc) is 2.48. The van der Waals surface area contributed by atoms with Gasteiger partial charge in [0.05, 0.1) is 0 Å². The molecule has 0 fully saturated rings. The molecular weight excluding hydrogens is 416 g/mol. The van der Waals surface area contributed by atoms with Gasteiger partial charge in [-0.1, -0.05) is 49.6 Å². The zero-order chi connectivity index (χ0) is 16.6. The molecule has 0 saturated carbocycles. The molecule has 19 heavy (non-hydrogen) atoms. The zero-order valence-electron chi connectivity index (χ0n) is 11.0. The summed E-state index contributed by atoms with van der Waals surface area (Å²) in [6.45, 7) is 35.9. The van der Waals surface area contributed by atoms with Crippen LogP contribution in [0.2, 0.25) is 0 Å². The van der Waals surface area contributed by atoms with E-state index < -0.39 is 0 Å². The van der Waals surface area contributed by atoms with E-state index in [-0.39, 0.29) is 21.1 Å². The fraction of sp³-hybridized carbons (Fsp3) is 0.143. The van der Waals surface area contributed by atoms with E-state index in [9.17, 15) is 0 Å². The molecule has 0 amide bonds. The second-order valence-corrected chi connectivity index (χ2v) is 2.10. The maximum Gasteiger partial charge on any atom is 0 e. The van der Waals surface area contributed by atoms with Gasteiger partial charge in [-0.2, -0.15) is 0 Å². The molecule has 0 unspecified atom stereocenters. The Morgan fingerprint density at radius 1 is 0.684 bits per heavy atom. The molecule has 0 aliphatic heterocycles. The SMILES string of the molecule is C=CC(=C)C.C=CC(=C)C.[C-]#[O+].[C-]#[O+].[C-]#[O+].[C-]#[O+].[W]. The van der Waals surface area contributed by atoms with Crippen LogP contribution in [0.5, 0.6) is 0 Å². The monoisotopic (exact) mass is 432 g/mol. The third-order valence-electron chi connectivity index (χ3n) is 0.697. The molecule has 0 aliphatic carbocycles. The van der Waals surface area contributed by atoms with E-state index in [0.29, 0.717) is 0 Å². The largest absolute Gasteiger partial charge is 0 e. The summed E-state index contributed by atoms with van der Waals surface area (Å²) in [6.07, 6.45) is 3.44. The maximum atomic E-state index is 7.50. The van der Waals surface area contributed by atoms with Gasteiger partial charge in [0.25, 0.3) is 0 Å². The van der Waals surface area contributed by atoms with Crippen molar-refractivity contribution in [3.8, 4) is 0 Å². The molecule has 0 bridgehead atoms. The quantitative estimate of drug-likeness (QED) is 0.365. The fourth-order valence-electron chi connectivity index (χ4n) is 0. The van der Waals surface area contributed by atoms with Crippen molar-refractivity contribution in [3.63, 3.8) is 0 Å². The van der Waals surface area contributed by atoms with Crippen LogP contribution in [0.15, 0.2) is 49.6 Å². The molecule has 0 aromatic rings. The molecule has 0 aliphatic rings. The van der Waals surface area contributed by atoms with E-state index in [0.717, 1.165) is 11.1 Å². The molecule has 0 radical (unpaired) electrons. The van der Waals surface area contributed by atoms with Crippen molar-refractivity contribution in [3.05, 3.63) is 76.2 Å². The summed E-state index contributed by atoms with van der Waals surface area (Å²) in [4.78, 5) is 0. The van der Waals surface area contributed by atoms with Crippen molar-refractivity contribution >= 4 is 0 Å². The number of hydrogen-bond acceptors (Lipinski definition) is 0. The summed E-state index contributed by atoms with van der Waals surface area (Å²) in [5.74, 6) is 0. The number of hydrogen-bond donors (Lipinski definition) is 0. The molecule has 0 atom stereocenters. The van der Waals surface area contributed by atoms with E-state index in [4.69, 9.17) is 18.6 Å². The van der Waals surface area contributed by atoms with Crippen LogP contribution in [0.25, 0.3) is 0 Å². The van der Waals surface area contributed by atoms with Crippen LogP contribution < -0.4 is 0 Å². The first-order chi connectivity index (χ1) is 8.54. The second kappa shape index (κ2) is 92.7. The molecule has 4 nitrogen and oxygen atoms in total. The Kier molecular flexibility index (Phi) is 210. The molecule has 5 heteroatoms. The Balaban J connectivity index is -0.0000000194. The maximum absolute atomic E-state index is 7.50. The van der Waals surface area contributed by atoms with Crippen molar-refractivity contribution in [2.75, 3.05) is 0 Å². The van der Waals surface area contributed by atoms with Gasteiger partial charge in [0.2, 0.25) is 0 Å². The van der Waals surface area contributed by atoms with E-state index in [1.54, 1.807) is 12.2 Å². The number of rotatable bonds is 2. The van der Waals surface area contributed by atoms with Crippen LogP contribution >= 0.6 is 0 Å². The first-order valence-electron chi connectivity index (χ1n) is 3.92. The normalized spacial score (nSPS) is 3.89. The predicted octanol–water partition coefficient (Wildman–Crippen LogP) is 3.34. The third kappa shape index (κ3) is 521. The van der Waals surface area contributed by atoms with Crippen LogP contribution in [-0.4, -0.2) is 0 Å². The Hall–Kier alpha value is -1.39. The van der Waals surface area contributed by atoms with Gasteiger partial charge in [0.1, 0.15) is 0 Å². The summed E-state index contributed by atoms with van der Waals surface area (Å²) >= 11 is 0. The molecule has 0 spiro atoms. The fourth-order valence-corrected chi connectivity index (χ4v) is 0. The first kappa shape index (κ1) is 43.2. The van der Waals surface area contributed by atoms with Crippen LogP contribution in [0, 0.1) is 26.6 Å². The van der Waals surface area contributed by atoms with Crippen molar-refractivity contribution in [1.29, 1.82) is 0 Å². The third-order valence-corrected chi connectivity index (χ3v) is 0.697. The molecule has 0 N–H and O–H groups in total. The molecule has 0 saturated heterocycles. The van der Waals surface area contributed by atoms with Crippen LogP contribution in [0.1, 0.15) is 13.8 Å². The van der Waals surface area contributed by atoms with Crippen LogP contribution in [0.3, 0.4) is 0 Å². The molecule has 0 heterocycles. The van der Waals surface area contributed by atoms with Crippen molar-refractivity contribution in [1.82, 2.24) is 0 Å². The van der Waals surface area contributed by atoms with Gasteiger partial charge in [-0.05, 0) is 13.8 Å². The van der Waals surface area contributed by atoms with Gasteiger partial charge in [-0.3, -0.25) is 0 Å². The van der Waals surface area contributed by atoms with Gasteiger partial charge >= 0.3 is 45.2 Å². The summed E-state index contributed by atoms with van der Waals surface area (Å²) in [5.41, 5.74) is 2.04. The van der Waals surface area contributed by atoms with Crippen molar-refractivity contribution in [2.45, 2.75) is 13.8 Å². The van der Waals surface area contributed by atoms with Gasteiger partial charge in [0, 0.05) is 21.1 Å². The van der Waals surface area contributed by atoms with Crippen LogP contribution in [0.4, 0.5) is 0 Å². The standard InChI is InChI=1S/2C5H8.4CO.W/c2*1-4-5(2)3;4*1-2;/h2*4H,1-2H2,3H3;;;;;. The second-order valence-electron chi connectivity index (χ2n) is 2.10. The van der Waals surface area contributed by atoms with Crippen molar-refractivity contribution in [2.24, 2.45) is 0 Å². The Morgan fingerprint density at radius 3 is 0.737 bits per heavy atom. The minimum atomic E-state index is 0. The average molecular weight is 432 g/mol. The van der Waals surface area contributed by atoms with E-state index in [2.05, 4.69) is 52.9 Å². The Labute approximate surface area is 130 Å². The summed E-state index contributed by atoms with van der Waals surface area (Å²) in [5, 5.41) is 0. The van der Waals surface area contributed by atoms with E-state index in [1.807, 2.05) is 13.8 Å². The molecule has 0 aromatic carbocycles. The van der Waals surface area contributed by atoms with Gasteiger partial charge in [-0.15, -0.1) is 0 Å². The Morgan fingerprint density at radius 2 is 0.737 bits per heavy atom. The minimum Gasteiger partial charge on any atom is 0 e. The van der Waals surface area contributed by atoms with Crippen molar-refractivity contribution < 1.29 is 39.7 Å². The molecule has 0 rings (SSSR count). The molecule has 102 valence electrons. The Bertz CT molecular complexity index is 241. The topological polar surface area (TPSA) is 79.6 Å². The van der Waals surface area contributed by atoms with Gasteiger partial charge < -0.3 is 0 Å². The minimum absolute atomic E-state index is 0. The smallest absolute Gasteiger partial charge is 0 e. The first-order valence-corrected chi connectivity index (χ1v) is 3.92. The number of allylic oxidation sites excluding steroid dienone is 4. The van der Waals surface area contributed by atoms with Crippen LogP contribution in [-0.2, 0) is 39.7 Å². The summed E-state index contributed by atoms with van der Waals surface area (Å²) in [6, 6.07) is 0.